The molecule has 1 aliphatic rings. The Morgan fingerprint density at radius 2 is 2.05 bits per heavy atom. The van der Waals surface area contributed by atoms with Crippen LogP contribution in [0.15, 0.2) is 24.3 Å². The van der Waals surface area contributed by atoms with Gasteiger partial charge in [0.25, 0.3) is 0 Å². The summed E-state index contributed by atoms with van der Waals surface area (Å²) in [6, 6.07) is 7.47. The highest BCUT2D eigenvalue weighted by molar-refractivity contribution is 6.30. The summed E-state index contributed by atoms with van der Waals surface area (Å²) in [6.07, 6.45) is -0.162. The van der Waals surface area contributed by atoms with Crippen LogP contribution in [-0.4, -0.2) is 40.6 Å². The van der Waals surface area contributed by atoms with Crippen molar-refractivity contribution in [3.8, 4) is 0 Å². The van der Waals surface area contributed by atoms with E-state index in [0.29, 0.717) is 11.6 Å². The Morgan fingerprint density at radius 1 is 1.38 bits per heavy atom. The zero-order chi connectivity index (χ0) is 15.4. The summed E-state index contributed by atoms with van der Waals surface area (Å²) in [5, 5.41) is 21.1. The summed E-state index contributed by atoms with van der Waals surface area (Å²) < 4.78 is 0. The van der Waals surface area contributed by atoms with E-state index in [2.05, 4.69) is 6.92 Å². The Balaban J connectivity index is 2.18. The van der Waals surface area contributed by atoms with Crippen molar-refractivity contribution in [2.24, 2.45) is 5.92 Å². The number of rotatable bonds is 4. The van der Waals surface area contributed by atoms with Crippen LogP contribution in [0.1, 0.15) is 31.2 Å². The number of carbonyl (C=O) groups is 1. The molecule has 0 aromatic heterocycles. The van der Waals surface area contributed by atoms with E-state index in [1.165, 1.54) is 5.06 Å². The third-order valence-corrected chi connectivity index (χ3v) is 4.12. The summed E-state index contributed by atoms with van der Waals surface area (Å²) in [5.41, 5.74) is 1.03. The molecule has 2 rings (SSSR count). The molecule has 0 radical (unpaired) electrons. The molecule has 1 aromatic carbocycles. The molecule has 6 heteroatoms. The summed E-state index contributed by atoms with van der Waals surface area (Å²) in [6.45, 7) is 2.74. The van der Waals surface area contributed by atoms with Crippen LogP contribution in [0.2, 0.25) is 5.02 Å². The first-order chi connectivity index (χ1) is 10.0. The Morgan fingerprint density at radius 3 is 2.62 bits per heavy atom. The predicted octanol–water partition coefficient (Wildman–Crippen LogP) is 3.13. The molecule has 1 saturated heterocycles. The molecule has 116 valence electrons. The molecule has 1 fully saturated rings. The van der Waals surface area contributed by atoms with Gasteiger partial charge in [0.15, 0.2) is 0 Å². The van der Waals surface area contributed by atoms with E-state index in [0.717, 1.165) is 18.4 Å². The fraction of sp³-hybridized carbons (Fsp3) is 0.533. The van der Waals surface area contributed by atoms with Gasteiger partial charge in [-0.15, -0.1) is 5.06 Å². The van der Waals surface area contributed by atoms with Gasteiger partial charge in [0.2, 0.25) is 0 Å². The number of piperidine rings is 1. The standard InChI is InChI=1S/C15H20ClNO4/c1-2-3-11-8-17(21-15(19)20)9-13(18)14(11)10-4-6-12(16)7-5-10/h4-7,11,13-14,18H,2-3,8-9H2,1H3,(H,19,20). The Bertz CT molecular complexity index is 479. The number of hydrogen-bond acceptors (Lipinski definition) is 4. The van der Waals surface area contributed by atoms with E-state index < -0.39 is 12.3 Å². The quantitative estimate of drug-likeness (QED) is 0.893. The summed E-state index contributed by atoms with van der Waals surface area (Å²) in [7, 11) is 0. The molecule has 0 amide bonds. The lowest BCUT2D eigenvalue weighted by Gasteiger charge is -2.40. The van der Waals surface area contributed by atoms with Crippen LogP contribution in [0.25, 0.3) is 0 Å². The third-order valence-electron chi connectivity index (χ3n) is 3.87. The van der Waals surface area contributed by atoms with Gasteiger partial charge < -0.3 is 15.1 Å². The molecule has 0 bridgehead atoms. The SMILES string of the molecule is CCCC1CN(OC(=O)O)CC(O)C1c1ccc(Cl)cc1. The van der Waals surface area contributed by atoms with E-state index in [1.54, 1.807) is 0 Å². The predicted molar refractivity (Wildman–Crippen MR) is 79.3 cm³/mol. The Labute approximate surface area is 129 Å². The number of hydrogen-bond donors (Lipinski definition) is 2. The zero-order valence-corrected chi connectivity index (χ0v) is 12.7. The van der Waals surface area contributed by atoms with Crippen molar-refractivity contribution in [2.75, 3.05) is 13.1 Å². The number of halogens is 1. The zero-order valence-electron chi connectivity index (χ0n) is 11.9. The summed E-state index contributed by atoms with van der Waals surface area (Å²) >= 11 is 5.91. The van der Waals surface area contributed by atoms with Crippen LogP contribution in [0.5, 0.6) is 0 Å². The average Bonchev–Trinajstić information content (AvgIpc) is 2.40. The van der Waals surface area contributed by atoms with Gasteiger partial charge in [0.05, 0.1) is 12.6 Å². The molecule has 1 aliphatic heterocycles. The fourth-order valence-electron chi connectivity index (χ4n) is 3.09. The molecule has 5 nitrogen and oxygen atoms in total. The third kappa shape index (κ3) is 4.09. The van der Waals surface area contributed by atoms with E-state index >= 15 is 0 Å². The number of nitrogens with zero attached hydrogens (tertiary/aromatic N) is 1. The molecular weight excluding hydrogens is 294 g/mol. The lowest BCUT2D eigenvalue weighted by atomic mass is 9.77. The number of aliphatic hydroxyl groups is 1. The molecule has 0 saturated carbocycles. The van der Waals surface area contributed by atoms with Gasteiger partial charge in [-0.05, 0) is 30.0 Å². The van der Waals surface area contributed by atoms with Gasteiger partial charge in [-0.3, -0.25) is 0 Å². The van der Waals surface area contributed by atoms with Crippen LogP contribution in [0.3, 0.4) is 0 Å². The van der Waals surface area contributed by atoms with Crippen molar-refractivity contribution in [1.82, 2.24) is 5.06 Å². The molecule has 3 atom stereocenters. The highest BCUT2D eigenvalue weighted by atomic mass is 35.5. The molecule has 1 aromatic rings. The maximum absolute atomic E-state index is 10.7. The number of β-amino-alcohol motifs (C(OH)–C–C–N with tert-alkyl or cyclic N) is 1. The second-order valence-corrected chi connectivity index (χ2v) is 5.83. The second kappa shape index (κ2) is 7.11. The maximum atomic E-state index is 10.7. The van der Waals surface area contributed by atoms with Gasteiger partial charge in [0, 0.05) is 17.5 Å². The highest BCUT2D eigenvalue weighted by Gasteiger charge is 2.37. The first-order valence-corrected chi connectivity index (χ1v) is 7.48. The minimum absolute atomic E-state index is 0.0316. The van der Waals surface area contributed by atoms with Crippen molar-refractivity contribution in [2.45, 2.75) is 31.8 Å². The van der Waals surface area contributed by atoms with Gasteiger partial charge in [-0.1, -0.05) is 37.1 Å². The summed E-state index contributed by atoms with van der Waals surface area (Å²) in [5.74, 6) is 0.107. The minimum Gasteiger partial charge on any atom is -0.448 e. The molecule has 21 heavy (non-hydrogen) atoms. The van der Waals surface area contributed by atoms with Gasteiger partial charge >= 0.3 is 6.16 Å². The molecule has 0 aliphatic carbocycles. The van der Waals surface area contributed by atoms with Gasteiger partial charge in [-0.25, -0.2) is 4.79 Å². The van der Waals surface area contributed by atoms with E-state index in [-0.39, 0.29) is 18.4 Å². The van der Waals surface area contributed by atoms with Crippen LogP contribution in [0.4, 0.5) is 4.79 Å². The van der Waals surface area contributed by atoms with Crippen molar-refractivity contribution in [1.29, 1.82) is 0 Å². The number of carboxylic acid groups (broad SMARTS) is 1. The highest BCUT2D eigenvalue weighted by Crippen LogP contribution is 2.36. The van der Waals surface area contributed by atoms with E-state index in [1.807, 2.05) is 24.3 Å². The molecule has 3 unspecified atom stereocenters. The second-order valence-electron chi connectivity index (χ2n) is 5.40. The van der Waals surface area contributed by atoms with Crippen LogP contribution >= 0.6 is 11.6 Å². The lowest BCUT2D eigenvalue weighted by Crippen LogP contribution is -2.48. The lowest BCUT2D eigenvalue weighted by molar-refractivity contribution is -0.169. The largest absolute Gasteiger partial charge is 0.525 e. The van der Waals surface area contributed by atoms with Crippen molar-refractivity contribution < 1.29 is 19.8 Å². The fourth-order valence-corrected chi connectivity index (χ4v) is 3.22. The molecule has 2 N–H and O–H groups in total. The minimum atomic E-state index is -1.35. The van der Waals surface area contributed by atoms with Gasteiger partial charge in [0.1, 0.15) is 0 Å². The first kappa shape index (κ1) is 16.1. The number of hydroxylamine groups is 2. The summed E-state index contributed by atoms with van der Waals surface area (Å²) in [4.78, 5) is 15.4. The van der Waals surface area contributed by atoms with Crippen LogP contribution in [0, 0.1) is 5.92 Å². The molecule has 1 heterocycles. The first-order valence-electron chi connectivity index (χ1n) is 7.10. The van der Waals surface area contributed by atoms with Gasteiger partial charge in [-0.2, -0.15) is 0 Å². The maximum Gasteiger partial charge on any atom is 0.525 e. The Kier molecular flexibility index (Phi) is 5.45. The smallest absolute Gasteiger partial charge is 0.448 e. The molecule has 0 spiro atoms. The average molecular weight is 314 g/mol. The topological polar surface area (TPSA) is 70.0 Å². The van der Waals surface area contributed by atoms with E-state index in [9.17, 15) is 9.90 Å². The van der Waals surface area contributed by atoms with E-state index in [4.69, 9.17) is 21.5 Å². The van der Waals surface area contributed by atoms with Crippen LogP contribution < -0.4 is 0 Å². The van der Waals surface area contributed by atoms with Crippen LogP contribution in [-0.2, 0) is 4.84 Å². The normalized spacial score (nSPS) is 26.5. The molecular formula is C15H20ClNO4. The monoisotopic (exact) mass is 313 g/mol. The Hall–Kier alpha value is -1.30. The van der Waals surface area contributed by atoms with Crippen molar-refractivity contribution in [3.63, 3.8) is 0 Å². The number of benzene rings is 1. The van der Waals surface area contributed by atoms with Crippen molar-refractivity contribution in [3.05, 3.63) is 34.9 Å². The number of aliphatic hydroxyl groups excluding tert-OH is 1. The van der Waals surface area contributed by atoms with Crippen molar-refractivity contribution >= 4 is 17.8 Å².